The van der Waals surface area contributed by atoms with Crippen molar-refractivity contribution in [2.24, 2.45) is 0 Å². The third kappa shape index (κ3) is 2.97. The van der Waals surface area contributed by atoms with Crippen LogP contribution in [0.2, 0.25) is 0 Å². The van der Waals surface area contributed by atoms with E-state index in [1.807, 2.05) is 4.57 Å². The molecule has 4 N–H and O–H groups in total. The number of fused-ring (bicyclic) bond motifs is 1. The lowest BCUT2D eigenvalue weighted by molar-refractivity contribution is -0.0298. The molecule has 0 amide bonds. The number of aromatic hydroxyl groups is 1. The van der Waals surface area contributed by atoms with E-state index >= 15 is 0 Å². The number of benzene rings is 1. The number of methoxy groups -OCH3 is 1. The van der Waals surface area contributed by atoms with Gasteiger partial charge in [-0.05, 0) is 31.4 Å². The Bertz CT molecular complexity index is 936. The fourth-order valence-electron chi connectivity index (χ4n) is 3.08. The maximum absolute atomic E-state index is 9.95. The van der Waals surface area contributed by atoms with Crippen LogP contribution in [0.3, 0.4) is 0 Å². The molecule has 1 fully saturated rings. The van der Waals surface area contributed by atoms with Crippen molar-refractivity contribution in [1.29, 1.82) is 0 Å². The predicted molar refractivity (Wildman–Crippen MR) is 96.5 cm³/mol. The second-order valence-corrected chi connectivity index (χ2v) is 6.09. The number of hydrogen-bond acceptors (Lipinski definition) is 8. The Labute approximate surface area is 149 Å². The van der Waals surface area contributed by atoms with E-state index in [-0.39, 0.29) is 17.9 Å². The number of nitrogens with two attached hydrogens (primary N) is 1. The van der Waals surface area contributed by atoms with E-state index in [2.05, 4.69) is 20.3 Å². The lowest BCUT2D eigenvalue weighted by Gasteiger charge is -2.23. The summed E-state index contributed by atoms with van der Waals surface area (Å²) < 4.78 is 12.8. The Morgan fingerprint density at radius 2 is 2.23 bits per heavy atom. The summed E-state index contributed by atoms with van der Waals surface area (Å²) in [4.78, 5) is 13.0. The van der Waals surface area contributed by atoms with Crippen LogP contribution in [0, 0.1) is 0 Å². The maximum Gasteiger partial charge on any atom is 0.224 e. The second kappa shape index (κ2) is 6.68. The molecule has 3 aromatic rings. The number of rotatable bonds is 4. The molecule has 4 rings (SSSR count). The third-order valence-electron chi connectivity index (χ3n) is 4.35. The molecule has 0 spiro atoms. The molecule has 1 atom stereocenters. The fourth-order valence-corrected chi connectivity index (χ4v) is 3.08. The quantitative estimate of drug-likeness (QED) is 0.652. The third-order valence-corrected chi connectivity index (χ3v) is 4.35. The molecular formula is C17H20N6O3. The highest BCUT2D eigenvalue weighted by atomic mass is 16.5. The summed E-state index contributed by atoms with van der Waals surface area (Å²) in [5.74, 6) is 1.01. The zero-order chi connectivity index (χ0) is 18.1. The first kappa shape index (κ1) is 16.4. The molecule has 9 heteroatoms. The van der Waals surface area contributed by atoms with Crippen LogP contribution in [0.1, 0.15) is 25.5 Å². The Kier molecular flexibility index (Phi) is 4.21. The van der Waals surface area contributed by atoms with Crippen LogP contribution in [0.25, 0.3) is 11.2 Å². The second-order valence-electron chi connectivity index (χ2n) is 6.09. The largest absolute Gasteiger partial charge is 0.504 e. The molecule has 136 valence electrons. The molecule has 2 aromatic heterocycles. The zero-order valence-corrected chi connectivity index (χ0v) is 14.3. The summed E-state index contributed by atoms with van der Waals surface area (Å²) >= 11 is 0. The van der Waals surface area contributed by atoms with Crippen LogP contribution >= 0.6 is 0 Å². The Morgan fingerprint density at radius 3 is 2.96 bits per heavy atom. The molecule has 1 aliphatic heterocycles. The zero-order valence-electron chi connectivity index (χ0n) is 14.3. The highest BCUT2D eigenvalue weighted by Gasteiger charge is 2.21. The Balaban J connectivity index is 1.71. The van der Waals surface area contributed by atoms with Crippen molar-refractivity contribution in [3.63, 3.8) is 0 Å². The van der Waals surface area contributed by atoms with Crippen molar-refractivity contribution in [1.82, 2.24) is 19.5 Å². The number of anilines is 3. The number of nitrogen functional groups attached to an aromatic ring is 1. The van der Waals surface area contributed by atoms with Gasteiger partial charge in [0, 0.05) is 18.4 Å². The number of ether oxygens (including phenoxy) is 2. The molecule has 0 radical (unpaired) electrons. The first-order chi connectivity index (χ1) is 12.7. The van der Waals surface area contributed by atoms with E-state index in [1.165, 1.54) is 7.11 Å². The minimum absolute atomic E-state index is 0.0249. The minimum Gasteiger partial charge on any atom is -0.504 e. The van der Waals surface area contributed by atoms with E-state index < -0.39 is 0 Å². The van der Waals surface area contributed by atoms with Crippen molar-refractivity contribution in [2.45, 2.75) is 25.5 Å². The van der Waals surface area contributed by atoms with Crippen molar-refractivity contribution in [2.75, 3.05) is 24.8 Å². The van der Waals surface area contributed by atoms with Gasteiger partial charge in [0.05, 0.1) is 13.4 Å². The van der Waals surface area contributed by atoms with Crippen LogP contribution in [-0.4, -0.2) is 38.3 Å². The number of imidazole rings is 1. The van der Waals surface area contributed by atoms with E-state index in [0.717, 1.165) is 25.9 Å². The molecule has 9 nitrogen and oxygen atoms in total. The number of hydrogen-bond donors (Lipinski definition) is 3. The Hall–Kier alpha value is -3.07. The molecular weight excluding hydrogens is 336 g/mol. The van der Waals surface area contributed by atoms with Gasteiger partial charge < -0.3 is 25.6 Å². The van der Waals surface area contributed by atoms with Gasteiger partial charge in [0.25, 0.3) is 0 Å². The van der Waals surface area contributed by atoms with Crippen LogP contribution in [-0.2, 0) is 4.74 Å². The first-order valence-electron chi connectivity index (χ1n) is 8.41. The van der Waals surface area contributed by atoms with Crippen LogP contribution in [0.4, 0.5) is 17.5 Å². The average molecular weight is 356 g/mol. The van der Waals surface area contributed by atoms with Crippen LogP contribution in [0.15, 0.2) is 24.5 Å². The standard InChI is InChI=1S/C17H20N6O3/c1-25-12-6-5-10(8-11(12)24)20-15-14-16(22-17(18)21-15)23(9-19-14)13-4-2-3-7-26-13/h5-6,8-9,13,24H,2-4,7H2,1H3,(H3,18,20,21,22). The van der Waals surface area contributed by atoms with Crippen molar-refractivity contribution in [3.8, 4) is 11.5 Å². The SMILES string of the molecule is COc1ccc(Nc2nc(N)nc3c2ncn3C2CCCCO2)cc1O. The average Bonchev–Trinajstić information content (AvgIpc) is 3.06. The minimum atomic E-state index is -0.0964. The van der Waals surface area contributed by atoms with E-state index in [1.54, 1.807) is 24.5 Å². The van der Waals surface area contributed by atoms with Gasteiger partial charge in [-0.15, -0.1) is 0 Å². The number of nitrogens with zero attached hydrogens (tertiary/aromatic N) is 4. The van der Waals surface area contributed by atoms with Gasteiger partial charge >= 0.3 is 0 Å². The monoisotopic (exact) mass is 356 g/mol. The summed E-state index contributed by atoms with van der Waals surface area (Å²) in [5, 5.41) is 13.1. The van der Waals surface area contributed by atoms with E-state index in [4.69, 9.17) is 15.2 Å². The number of phenolic OH excluding ortho intramolecular Hbond substituents is 1. The molecule has 0 aliphatic carbocycles. The van der Waals surface area contributed by atoms with E-state index in [0.29, 0.717) is 28.4 Å². The normalized spacial score (nSPS) is 17.3. The highest BCUT2D eigenvalue weighted by Crippen LogP contribution is 2.32. The van der Waals surface area contributed by atoms with Crippen LogP contribution in [0.5, 0.6) is 11.5 Å². The molecule has 1 saturated heterocycles. The van der Waals surface area contributed by atoms with Crippen molar-refractivity contribution < 1.29 is 14.6 Å². The molecule has 1 aromatic carbocycles. The first-order valence-corrected chi connectivity index (χ1v) is 8.41. The number of nitrogens with one attached hydrogen (secondary N) is 1. The molecule has 0 bridgehead atoms. The Morgan fingerprint density at radius 1 is 1.35 bits per heavy atom. The van der Waals surface area contributed by atoms with E-state index in [9.17, 15) is 5.11 Å². The van der Waals surface area contributed by atoms with Gasteiger partial charge in [0.15, 0.2) is 28.5 Å². The van der Waals surface area contributed by atoms with Gasteiger partial charge in [-0.2, -0.15) is 9.97 Å². The molecule has 26 heavy (non-hydrogen) atoms. The lowest BCUT2D eigenvalue weighted by Crippen LogP contribution is -2.18. The molecule has 1 unspecified atom stereocenters. The summed E-state index contributed by atoms with van der Waals surface area (Å²) in [6, 6.07) is 4.97. The van der Waals surface area contributed by atoms with Gasteiger partial charge in [0.1, 0.15) is 6.23 Å². The fraction of sp³-hybridized carbons (Fsp3) is 0.353. The molecule has 1 aliphatic rings. The topological polar surface area (TPSA) is 120 Å². The maximum atomic E-state index is 9.95. The van der Waals surface area contributed by atoms with Crippen LogP contribution < -0.4 is 15.8 Å². The number of aromatic nitrogens is 4. The van der Waals surface area contributed by atoms with Gasteiger partial charge in [-0.25, -0.2) is 4.98 Å². The van der Waals surface area contributed by atoms with Gasteiger partial charge in [-0.1, -0.05) is 0 Å². The summed E-state index contributed by atoms with van der Waals surface area (Å²) in [6.45, 7) is 0.723. The lowest BCUT2D eigenvalue weighted by atomic mass is 10.2. The van der Waals surface area contributed by atoms with Crippen molar-refractivity contribution in [3.05, 3.63) is 24.5 Å². The van der Waals surface area contributed by atoms with Gasteiger partial charge in [-0.3, -0.25) is 4.57 Å². The summed E-state index contributed by atoms with van der Waals surface area (Å²) in [7, 11) is 1.50. The summed E-state index contributed by atoms with van der Waals surface area (Å²) in [6.07, 6.45) is 4.67. The predicted octanol–water partition coefficient (Wildman–Crippen LogP) is 2.57. The highest BCUT2D eigenvalue weighted by molar-refractivity contribution is 5.86. The summed E-state index contributed by atoms with van der Waals surface area (Å²) in [5.41, 5.74) is 7.73. The number of phenols is 1. The molecule has 0 saturated carbocycles. The van der Waals surface area contributed by atoms with Crippen molar-refractivity contribution >= 4 is 28.6 Å². The smallest absolute Gasteiger partial charge is 0.224 e. The van der Waals surface area contributed by atoms with Gasteiger partial charge in [0.2, 0.25) is 5.95 Å². The molecule has 3 heterocycles.